The van der Waals surface area contributed by atoms with Gasteiger partial charge in [0.05, 0.1) is 35.0 Å². The molecule has 35 heavy (non-hydrogen) atoms. The summed E-state index contributed by atoms with van der Waals surface area (Å²) in [5.41, 5.74) is 1.84. The quantitative estimate of drug-likeness (QED) is 0.235. The van der Waals surface area contributed by atoms with Crippen LogP contribution in [0.1, 0.15) is 23.9 Å². The Balaban J connectivity index is 1.41. The topological polar surface area (TPSA) is 88.3 Å². The van der Waals surface area contributed by atoms with Crippen LogP contribution in [0.25, 0.3) is 11.4 Å². The van der Waals surface area contributed by atoms with Crippen LogP contribution in [-0.4, -0.2) is 19.9 Å². The minimum absolute atomic E-state index is 0.0204. The number of rotatable bonds is 7. The van der Waals surface area contributed by atoms with E-state index in [0.29, 0.717) is 23.5 Å². The summed E-state index contributed by atoms with van der Waals surface area (Å²) in [6, 6.07) is 13.5. The monoisotopic (exact) mass is 481 g/mol. The van der Waals surface area contributed by atoms with Crippen molar-refractivity contribution in [1.82, 2.24) is 19.9 Å². The molecule has 1 aromatic carbocycles. The molecule has 0 aliphatic heterocycles. The van der Waals surface area contributed by atoms with E-state index in [0.717, 1.165) is 24.0 Å². The van der Waals surface area contributed by atoms with Crippen molar-refractivity contribution in [2.24, 2.45) is 10.2 Å². The Morgan fingerprint density at radius 2 is 1.71 bits per heavy atom. The first-order valence-corrected chi connectivity index (χ1v) is 10.6. The molecule has 0 unspecified atom stereocenters. The van der Waals surface area contributed by atoms with Gasteiger partial charge in [-0.1, -0.05) is 19.1 Å². The molecular formula is C24H19F4N7. The predicted octanol–water partition coefficient (Wildman–Crippen LogP) is 6.68. The largest absolute Gasteiger partial charge is 0.416 e. The van der Waals surface area contributed by atoms with Gasteiger partial charge in [-0.25, -0.2) is 14.4 Å². The molecule has 0 amide bonds. The van der Waals surface area contributed by atoms with Crippen LogP contribution in [0.3, 0.4) is 0 Å². The Kier molecular flexibility index (Phi) is 7.04. The van der Waals surface area contributed by atoms with Gasteiger partial charge >= 0.3 is 6.18 Å². The Hall–Kier alpha value is -4.28. The van der Waals surface area contributed by atoms with Crippen molar-refractivity contribution in [2.45, 2.75) is 26.1 Å². The molecule has 7 nitrogen and oxygen atoms in total. The molecule has 11 heteroatoms. The van der Waals surface area contributed by atoms with E-state index in [1.807, 2.05) is 13.0 Å². The third-order valence-corrected chi connectivity index (χ3v) is 4.84. The molecule has 0 fully saturated rings. The zero-order valence-corrected chi connectivity index (χ0v) is 18.5. The van der Waals surface area contributed by atoms with Crippen molar-refractivity contribution < 1.29 is 17.6 Å². The van der Waals surface area contributed by atoms with Crippen LogP contribution in [0.2, 0.25) is 0 Å². The van der Waals surface area contributed by atoms with Crippen LogP contribution >= 0.6 is 0 Å². The van der Waals surface area contributed by atoms with Gasteiger partial charge in [0.1, 0.15) is 12.2 Å². The fraction of sp³-hybridized carbons (Fsp3) is 0.167. The van der Waals surface area contributed by atoms with Crippen LogP contribution in [0.15, 0.2) is 77.2 Å². The van der Waals surface area contributed by atoms with Crippen molar-refractivity contribution >= 4 is 17.3 Å². The second kappa shape index (κ2) is 10.3. The van der Waals surface area contributed by atoms with Gasteiger partial charge < -0.3 is 5.32 Å². The normalized spacial score (nSPS) is 11.7. The Morgan fingerprint density at radius 1 is 0.886 bits per heavy atom. The Morgan fingerprint density at radius 3 is 2.46 bits per heavy atom. The maximum atomic E-state index is 14.2. The fourth-order valence-electron chi connectivity index (χ4n) is 3.10. The smallest absolute Gasteiger partial charge is 0.354 e. The number of hydrogen-bond acceptors (Lipinski definition) is 7. The second-order valence-electron chi connectivity index (χ2n) is 7.38. The molecule has 0 saturated heterocycles. The van der Waals surface area contributed by atoms with Crippen molar-refractivity contribution in [3.63, 3.8) is 0 Å². The molecule has 3 aromatic heterocycles. The van der Waals surface area contributed by atoms with Crippen LogP contribution in [-0.2, 0) is 19.1 Å². The Labute approximate surface area is 198 Å². The lowest BCUT2D eigenvalue weighted by atomic mass is 10.2. The highest BCUT2D eigenvalue weighted by Crippen LogP contribution is 2.31. The van der Waals surface area contributed by atoms with Crippen molar-refractivity contribution in [2.75, 3.05) is 5.32 Å². The summed E-state index contributed by atoms with van der Waals surface area (Å²) in [5.74, 6) is -0.636. The minimum Gasteiger partial charge on any atom is -0.354 e. The number of azo groups is 1. The molecule has 0 radical (unpaired) electrons. The summed E-state index contributed by atoms with van der Waals surface area (Å²) in [6.07, 6.45) is -1.22. The van der Waals surface area contributed by atoms with Crippen molar-refractivity contribution in [3.05, 3.63) is 89.8 Å². The fourth-order valence-corrected chi connectivity index (χ4v) is 3.10. The van der Waals surface area contributed by atoms with E-state index >= 15 is 0 Å². The molecule has 4 aromatic rings. The van der Waals surface area contributed by atoms with Gasteiger partial charge in [0.25, 0.3) is 5.95 Å². The van der Waals surface area contributed by atoms with Crippen molar-refractivity contribution in [1.29, 1.82) is 0 Å². The summed E-state index contributed by atoms with van der Waals surface area (Å²) in [6.45, 7) is 2.05. The molecule has 0 spiro atoms. The van der Waals surface area contributed by atoms with E-state index < -0.39 is 17.6 Å². The second-order valence-corrected chi connectivity index (χ2v) is 7.38. The van der Waals surface area contributed by atoms with E-state index in [1.165, 1.54) is 18.3 Å². The van der Waals surface area contributed by atoms with Crippen LogP contribution in [0.5, 0.6) is 0 Å². The number of benzene rings is 1. The minimum atomic E-state index is -4.42. The standard InChI is InChI=1S/C24H19F4N7/c1-2-16-6-4-8-21(33-16)22-20(25)14-30-23(34-22)35-31-13-18-9-10-19(12-29-18)32-17-7-3-5-15(11-17)24(26,27)28/h3-12,14,32H,2,13H2,1H3. The number of hydrogen-bond donors (Lipinski definition) is 1. The molecule has 1 N–H and O–H groups in total. The van der Waals surface area contributed by atoms with Gasteiger partial charge in [-0.3, -0.25) is 9.97 Å². The lowest BCUT2D eigenvalue weighted by Crippen LogP contribution is -2.05. The summed E-state index contributed by atoms with van der Waals surface area (Å²) in [7, 11) is 0. The van der Waals surface area contributed by atoms with Gasteiger partial charge in [0, 0.05) is 11.4 Å². The number of pyridine rings is 2. The molecular weight excluding hydrogens is 462 g/mol. The predicted molar refractivity (Wildman–Crippen MR) is 122 cm³/mol. The highest BCUT2D eigenvalue weighted by Gasteiger charge is 2.30. The number of alkyl halides is 3. The van der Waals surface area contributed by atoms with Crippen LogP contribution in [0, 0.1) is 5.82 Å². The van der Waals surface area contributed by atoms with Crippen LogP contribution < -0.4 is 5.32 Å². The first kappa shape index (κ1) is 23.9. The van der Waals surface area contributed by atoms with Gasteiger partial charge in [0.15, 0.2) is 5.82 Å². The third-order valence-electron chi connectivity index (χ3n) is 4.84. The first-order chi connectivity index (χ1) is 16.8. The number of aromatic nitrogens is 4. The van der Waals surface area contributed by atoms with Crippen molar-refractivity contribution in [3.8, 4) is 11.4 Å². The average molecular weight is 481 g/mol. The van der Waals surface area contributed by atoms with Crippen LogP contribution in [0.4, 0.5) is 34.9 Å². The van der Waals surface area contributed by atoms with E-state index in [9.17, 15) is 17.6 Å². The highest BCUT2D eigenvalue weighted by atomic mass is 19.4. The molecule has 0 aliphatic carbocycles. The Bertz CT molecular complexity index is 1340. The van der Waals surface area contributed by atoms with E-state index in [4.69, 9.17) is 0 Å². The van der Waals surface area contributed by atoms with Gasteiger partial charge in [-0.15, -0.1) is 5.11 Å². The molecule has 0 aliphatic rings. The summed E-state index contributed by atoms with van der Waals surface area (Å²) < 4.78 is 52.9. The van der Waals surface area contributed by atoms with Gasteiger partial charge in [0.2, 0.25) is 0 Å². The number of anilines is 2. The maximum absolute atomic E-state index is 14.2. The number of nitrogens with zero attached hydrogens (tertiary/aromatic N) is 6. The SMILES string of the molecule is CCc1cccc(-c2nc(N=NCc3ccc(Nc4cccc(C(F)(F)F)c4)cn3)ncc2F)n1. The summed E-state index contributed by atoms with van der Waals surface area (Å²) in [5, 5.41) is 10.8. The lowest BCUT2D eigenvalue weighted by molar-refractivity contribution is -0.137. The van der Waals surface area contributed by atoms with E-state index in [2.05, 4.69) is 35.5 Å². The van der Waals surface area contributed by atoms with E-state index in [-0.39, 0.29) is 23.9 Å². The average Bonchev–Trinajstić information content (AvgIpc) is 2.86. The molecule has 178 valence electrons. The third kappa shape index (κ3) is 6.19. The summed E-state index contributed by atoms with van der Waals surface area (Å²) >= 11 is 0. The number of nitrogens with one attached hydrogen (secondary N) is 1. The van der Waals surface area contributed by atoms with Gasteiger partial charge in [-0.05, 0) is 48.9 Å². The maximum Gasteiger partial charge on any atom is 0.416 e. The summed E-state index contributed by atoms with van der Waals surface area (Å²) in [4.78, 5) is 16.6. The molecule has 0 atom stereocenters. The van der Waals surface area contributed by atoms with Gasteiger partial charge in [-0.2, -0.15) is 18.3 Å². The van der Waals surface area contributed by atoms with E-state index in [1.54, 1.807) is 24.3 Å². The highest BCUT2D eigenvalue weighted by molar-refractivity contribution is 5.59. The number of halogens is 4. The molecule has 0 bridgehead atoms. The molecule has 4 rings (SSSR count). The lowest BCUT2D eigenvalue weighted by Gasteiger charge is -2.10. The first-order valence-electron chi connectivity index (χ1n) is 10.6. The molecule has 0 saturated carbocycles. The number of aryl methyl sites for hydroxylation is 1. The zero-order valence-electron chi connectivity index (χ0n) is 18.5. The zero-order chi connectivity index (χ0) is 24.8. The molecule has 3 heterocycles.